The molecule has 1 aromatic heterocycles. The lowest BCUT2D eigenvalue weighted by Gasteiger charge is -2.43. The number of halogens is 3. The second-order valence-electron chi connectivity index (χ2n) is 8.00. The number of alkyl halides is 3. The van der Waals surface area contributed by atoms with Crippen LogP contribution >= 0.6 is 0 Å². The van der Waals surface area contributed by atoms with Gasteiger partial charge in [-0.25, -0.2) is 4.98 Å². The molecule has 1 aliphatic heterocycles. The van der Waals surface area contributed by atoms with Crippen molar-refractivity contribution in [2.24, 2.45) is 11.3 Å². The van der Waals surface area contributed by atoms with Crippen molar-refractivity contribution < 1.29 is 27.8 Å². The molecule has 2 aliphatic rings. The Morgan fingerprint density at radius 3 is 2.41 bits per heavy atom. The molecule has 0 bridgehead atoms. The van der Waals surface area contributed by atoms with Gasteiger partial charge in [-0.1, -0.05) is 13.8 Å². The molecule has 3 rings (SSSR count). The molecule has 1 aromatic rings. The fourth-order valence-corrected chi connectivity index (χ4v) is 4.04. The number of aromatic nitrogens is 1. The molecule has 0 aromatic carbocycles. The molecule has 5 nitrogen and oxygen atoms in total. The number of hydrogen-bond acceptors (Lipinski definition) is 4. The van der Waals surface area contributed by atoms with Gasteiger partial charge in [0, 0.05) is 12.6 Å². The Kier molecular flexibility index (Phi) is 5.14. The summed E-state index contributed by atoms with van der Waals surface area (Å²) in [6.45, 7) is 3.14. The van der Waals surface area contributed by atoms with Crippen LogP contribution in [0.15, 0.2) is 18.3 Å². The van der Waals surface area contributed by atoms with Gasteiger partial charge in [-0.2, -0.15) is 13.2 Å². The standard InChI is InChI=1S/C19H25F3N2O3/c1-13(2)18(26)7-5-17(6-8-18)9-10-24(16(17)25)14-3-4-15(23-11-14)27-12-19(20,21)22/h3-4,11,13,26H,5-10,12H2,1-2H3/t17-,18-. The van der Waals surface area contributed by atoms with Crippen LogP contribution in [0.4, 0.5) is 18.9 Å². The number of pyridine rings is 1. The minimum atomic E-state index is -4.42. The van der Waals surface area contributed by atoms with E-state index in [1.54, 1.807) is 11.0 Å². The quantitative estimate of drug-likeness (QED) is 0.857. The van der Waals surface area contributed by atoms with Crippen LogP contribution in [0.2, 0.25) is 0 Å². The van der Waals surface area contributed by atoms with Crippen molar-refractivity contribution in [2.45, 2.75) is 57.7 Å². The molecule has 1 saturated heterocycles. The summed E-state index contributed by atoms with van der Waals surface area (Å²) < 4.78 is 41.2. The second-order valence-corrected chi connectivity index (χ2v) is 8.00. The molecule has 0 atom stereocenters. The largest absolute Gasteiger partial charge is 0.468 e. The van der Waals surface area contributed by atoms with Crippen molar-refractivity contribution >= 4 is 11.6 Å². The molecule has 0 unspecified atom stereocenters. The molecule has 0 radical (unpaired) electrons. The summed E-state index contributed by atoms with van der Waals surface area (Å²) >= 11 is 0. The van der Waals surface area contributed by atoms with E-state index in [2.05, 4.69) is 9.72 Å². The van der Waals surface area contributed by atoms with Crippen molar-refractivity contribution in [3.63, 3.8) is 0 Å². The molecule has 27 heavy (non-hydrogen) atoms. The predicted octanol–water partition coefficient (Wildman–Crippen LogP) is 3.71. The van der Waals surface area contributed by atoms with Crippen molar-refractivity contribution in [1.29, 1.82) is 0 Å². The Balaban J connectivity index is 1.65. The lowest BCUT2D eigenvalue weighted by molar-refractivity contribution is -0.154. The van der Waals surface area contributed by atoms with Gasteiger partial charge < -0.3 is 14.7 Å². The number of nitrogens with zero attached hydrogens (tertiary/aromatic N) is 2. The first-order chi connectivity index (χ1) is 12.5. The Morgan fingerprint density at radius 1 is 1.22 bits per heavy atom. The van der Waals surface area contributed by atoms with Crippen LogP contribution in [-0.2, 0) is 4.79 Å². The van der Waals surface area contributed by atoms with E-state index in [0.29, 0.717) is 44.3 Å². The third-order valence-corrected chi connectivity index (χ3v) is 6.08. The lowest BCUT2D eigenvalue weighted by Crippen LogP contribution is -2.46. The highest BCUT2D eigenvalue weighted by Crippen LogP contribution is 2.50. The predicted molar refractivity (Wildman–Crippen MR) is 93.4 cm³/mol. The first kappa shape index (κ1) is 19.9. The minimum absolute atomic E-state index is 0.0130. The molecule has 1 spiro atoms. The third kappa shape index (κ3) is 4.05. The zero-order valence-corrected chi connectivity index (χ0v) is 15.6. The van der Waals surface area contributed by atoms with Crippen LogP contribution in [0.1, 0.15) is 46.0 Å². The minimum Gasteiger partial charge on any atom is -0.468 e. The van der Waals surface area contributed by atoms with Gasteiger partial charge in [-0.15, -0.1) is 0 Å². The number of carbonyl (C=O) groups excluding carboxylic acids is 1. The molecule has 8 heteroatoms. The van der Waals surface area contributed by atoms with E-state index in [1.165, 1.54) is 12.3 Å². The van der Waals surface area contributed by atoms with E-state index in [9.17, 15) is 23.1 Å². The lowest BCUT2D eigenvalue weighted by atomic mass is 9.65. The number of anilines is 1. The smallest absolute Gasteiger partial charge is 0.422 e. The third-order valence-electron chi connectivity index (χ3n) is 6.08. The van der Waals surface area contributed by atoms with Gasteiger partial charge in [0.15, 0.2) is 6.61 Å². The summed E-state index contributed by atoms with van der Waals surface area (Å²) in [6, 6.07) is 2.90. The molecule has 2 fully saturated rings. The maximum atomic E-state index is 13.0. The van der Waals surface area contributed by atoms with Gasteiger partial charge in [0.1, 0.15) is 0 Å². The van der Waals surface area contributed by atoms with Crippen LogP contribution in [-0.4, -0.2) is 40.9 Å². The van der Waals surface area contributed by atoms with Gasteiger partial charge in [0.25, 0.3) is 0 Å². The first-order valence-corrected chi connectivity index (χ1v) is 9.25. The molecule has 150 valence electrons. The van der Waals surface area contributed by atoms with Gasteiger partial charge in [0.2, 0.25) is 11.8 Å². The monoisotopic (exact) mass is 386 g/mol. The molecular weight excluding hydrogens is 361 g/mol. The van der Waals surface area contributed by atoms with Crippen LogP contribution < -0.4 is 9.64 Å². The molecule has 2 heterocycles. The normalized spacial score (nSPS) is 29.0. The summed E-state index contributed by atoms with van der Waals surface area (Å²) in [5.41, 5.74) is -0.606. The summed E-state index contributed by atoms with van der Waals surface area (Å²) in [6.07, 6.45) is 0.173. The number of hydrogen-bond donors (Lipinski definition) is 1. The van der Waals surface area contributed by atoms with Crippen molar-refractivity contribution in [1.82, 2.24) is 4.98 Å². The van der Waals surface area contributed by atoms with Crippen molar-refractivity contribution in [3.05, 3.63) is 18.3 Å². The van der Waals surface area contributed by atoms with Crippen LogP contribution in [0.5, 0.6) is 5.88 Å². The summed E-state index contributed by atoms with van der Waals surface area (Å²) in [5.74, 6) is 0.0343. The topological polar surface area (TPSA) is 62.7 Å². The van der Waals surface area contributed by atoms with E-state index in [-0.39, 0.29) is 17.7 Å². The van der Waals surface area contributed by atoms with E-state index in [1.807, 2.05) is 13.8 Å². The van der Waals surface area contributed by atoms with Crippen LogP contribution in [0.25, 0.3) is 0 Å². The highest BCUT2D eigenvalue weighted by atomic mass is 19.4. The SMILES string of the molecule is CC(C)[C@]1(O)CC[C@@]2(CCN(c3ccc(OCC(F)(F)F)nc3)C2=O)CC1. The molecule has 1 N–H and O–H groups in total. The average Bonchev–Trinajstić information content (AvgIpc) is 2.92. The average molecular weight is 386 g/mol. The number of ether oxygens (including phenoxy) is 1. The summed E-state index contributed by atoms with van der Waals surface area (Å²) in [5, 5.41) is 10.7. The maximum Gasteiger partial charge on any atom is 0.422 e. The van der Waals surface area contributed by atoms with Crippen molar-refractivity contribution in [3.8, 4) is 5.88 Å². The first-order valence-electron chi connectivity index (χ1n) is 9.25. The zero-order valence-electron chi connectivity index (χ0n) is 15.6. The van der Waals surface area contributed by atoms with E-state index in [4.69, 9.17) is 0 Å². The van der Waals surface area contributed by atoms with Crippen molar-refractivity contribution in [2.75, 3.05) is 18.1 Å². The van der Waals surface area contributed by atoms with E-state index in [0.717, 1.165) is 0 Å². The number of amides is 1. The number of rotatable bonds is 4. The highest BCUT2D eigenvalue weighted by Gasteiger charge is 2.52. The number of carbonyl (C=O) groups is 1. The fraction of sp³-hybridized carbons (Fsp3) is 0.684. The van der Waals surface area contributed by atoms with Gasteiger partial charge >= 0.3 is 6.18 Å². The molecular formula is C19H25F3N2O3. The molecule has 1 aliphatic carbocycles. The zero-order chi connectivity index (χ0) is 19.9. The Bertz CT molecular complexity index is 680. The van der Waals surface area contributed by atoms with Gasteiger partial charge in [-0.3, -0.25) is 4.79 Å². The number of aliphatic hydroxyl groups is 1. The van der Waals surface area contributed by atoms with E-state index < -0.39 is 23.8 Å². The Labute approximate surface area is 156 Å². The van der Waals surface area contributed by atoms with Crippen LogP contribution in [0.3, 0.4) is 0 Å². The molecule has 1 amide bonds. The summed E-state index contributed by atoms with van der Waals surface area (Å²) in [7, 11) is 0. The fourth-order valence-electron chi connectivity index (χ4n) is 4.04. The van der Waals surface area contributed by atoms with Crippen LogP contribution in [0, 0.1) is 11.3 Å². The molecule has 1 saturated carbocycles. The Hall–Kier alpha value is -1.83. The van der Waals surface area contributed by atoms with E-state index >= 15 is 0 Å². The second kappa shape index (κ2) is 6.96. The van der Waals surface area contributed by atoms with Gasteiger partial charge in [-0.05, 0) is 44.1 Å². The maximum absolute atomic E-state index is 13.0. The summed E-state index contributed by atoms with van der Waals surface area (Å²) in [4.78, 5) is 18.6. The highest BCUT2D eigenvalue weighted by molar-refractivity contribution is 5.99. The van der Waals surface area contributed by atoms with Gasteiger partial charge in [0.05, 0.1) is 22.9 Å². The Morgan fingerprint density at radius 2 is 1.89 bits per heavy atom.